The molecule has 1 amide bonds. The summed E-state index contributed by atoms with van der Waals surface area (Å²) in [4.78, 5) is 38.6. The predicted octanol–water partition coefficient (Wildman–Crippen LogP) is 5.63. The number of halogens is 3. The first-order valence-corrected chi connectivity index (χ1v) is 11.4. The number of carbonyl (C=O) groups excluding carboxylic acids is 2. The van der Waals surface area contributed by atoms with E-state index in [-0.39, 0.29) is 17.1 Å². The molecule has 0 atom stereocenters. The molecule has 5 aromatic rings. The van der Waals surface area contributed by atoms with Gasteiger partial charge in [0.1, 0.15) is 17.8 Å². The minimum atomic E-state index is -4.50. The van der Waals surface area contributed by atoms with Crippen molar-refractivity contribution in [3.8, 4) is 0 Å². The van der Waals surface area contributed by atoms with Crippen LogP contribution in [0.5, 0.6) is 0 Å². The van der Waals surface area contributed by atoms with E-state index in [1.54, 1.807) is 30.5 Å². The Morgan fingerprint density at radius 3 is 2.44 bits per heavy atom. The summed E-state index contributed by atoms with van der Waals surface area (Å²) in [5, 5.41) is 5.55. The number of nitrogens with two attached hydrogens (primary N) is 1. The zero-order valence-electron chi connectivity index (χ0n) is 18.6. The molecule has 0 saturated carbocycles. The van der Waals surface area contributed by atoms with Crippen molar-refractivity contribution in [3.05, 3.63) is 88.3 Å². The zero-order chi connectivity index (χ0) is 25.6. The molecule has 180 valence electrons. The molecule has 2 aromatic carbocycles. The molecule has 3 heterocycles. The van der Waals surface area contributed by atoms with Crippen molar-refractivity contribution in [3.63, 3.8) is 0 Å². The van der Waals surface area contributed by atoms with E-state index in [9.17, 15) is 22.8 Å². The van der Waals surface area contributed by atoms with Gasteiger partial charge in [0.05, 0.1) is 27.0 Å². The van der Waals surface area contributed by atoms with Gasteiger partial charge in [-0.1, -0.05) is 24.3 Å². The van der Waals surface area contributed by atoms with Crippen LogP contribution in [-0.4, -0.2) is 26.6 Å². The smallest absolute Gasteiger partial charge is 0.382 e. The number of alkyl halides is 3. The number of aryl methyl sites for hydroxylation is 1. The molecule has 11 heteroatoms. The van der Waals surface area contributed by atoms with E-state index in [4.69, 9.17) is 5.73 Å². The summed E-state index contributed by atoms with van der Waals surface area (Å²) in [6.07, 6.45) is -1.80. The highest BCUT2D eigenvalue weighted by Gasteiger charge is 2.30. The molecule has 0 aliphatic carbocycles. The van der Waals surface area contributed by atoms with Crippen molar-refractivity contribution in [2.24, 2.45) is 0 Å². The Morgan fingerprint density at radius 1 is 0.972 bits per heavy atom. The molecule has 0 aliphatic heterocycles. The van der Waals surface area contributed by atoms with Gasteiger partial charge in [-0.25, -0.2) is 9.97 Å². The molecular weight excluding hydrogens is 491 g/mol. The number of nitrogen functional groups attached to an aromatic ring is 1. The van der Waals surface area contributed by atoms with Crippen molar-refractivity contribution >= 4 is 55.5 Å². The van der Waals surface area contributed by atoms with Crippen LogP contribution in [0.4, 0.5) is 24.7 Å². The number of ketones is 1. The first kappa shape index (κ1) is 23.4. The number of nitrogens with one attached hydrogen (secondary N) is 1. The molecule has 0 spiro atoms. The lowest BCUT2D eigenvalue weighted by Gasteiger charge is -2.14. The maximum atomic E-state index is 13.2. The molecule has 0 aliphatic rings. The van der Waals surface area contributed by atoms with Gasteiger partial charge in [0.25, 0.3) is 5.91 Å². The largest absolute Gasteiger partial charge is 0.416 e. The van der Waals surface area contributed by atoms with Crippen LogP contribution in [0.3, 0.4) is 0 Å². The van der Waals surface area contributed by atoms with Crippen molar-refractivity contribution in [1.82, 2.24) is 15.0 Å². The third-order valence-electron chi connectivity index (χ3n) is 5.71. The second-order valence-electron chi connectivity index (χ2n) is 7.96. The Bertz CT molecular complexity index is 1660. The van der Waals surface area contributed by atoms with Gasteiger partial charge in [0, 0.05) is 27.9 Å². The van der Waals surface area contributed by atoms with E-state index in [1.165, 1.54) is 23.9 Å². The highest BCUT2D eigenvalue weighted by Crippen LogP contribution is 2.33. The second-order valence-corrected chi connectivity index (χ2v) is 8.84. The van der Waals surface area contributed by atoms with Crippen LogP contribution in [0.1, 0.15) is 37.5 Å². The SMILES string of the molecule is Cc1ccc2c(C(=O)c3ccc(C(F)(F)F)cc3)nccc2c1NC(=O)c1csc2c(N)ncnc12. The maximum Gasteiger partial charge on any atom is 0.416 e. The lowest BCUT2D eigenvalue weighted by atomic mass is 9.98. The number of hydrogen-bond acceptors (Lipinski definition) is 7. The van der Waals surface area contributed by atoms with Gasteiger partial charge in [-0.3, -0.25) is 14.6 Å². The highest BCUT2D eigenvalue weighted by atomic mass is 32.1. The van der Waals surface area contributed by atoms with Gasteiger partial charge in [-0.2, -0.15) is 13.2 Å². The number of hydrogen-bond donors (Lipinski definition) is 2. The fourth-order valence-corrected chi connectivity index (χ4v) is 4.77. The summed E-state index contributed by atoms with van der Waals surface area (Å²) >= 11 is 1.26. The fraction of sp³-hybridized carbons (Fsp3) is 0.0800. The van der Waals surface area contributed by atoms with Crippen LogP contribution in [0.2, 0.25) is 0 Å². The number of aromatic nitrogens is 3. The van der Waals surface area contributed by atoms with E-state index >= 15 is 0 Å². The van der Waals surface area contributed by atoms with Crippen molar-refractivity contribution in [2.45, 2.75) is 13.1 Å². The van der Waals surface area contributed by atoms with Crippen LogP contribution in [0, 0.1) is 6.92 Å². The van der Waals surface area contributed by atoms with E-state index in [2.05, 4.69) is 20.3 Å². The molecule has 0 fully saturated rings. The molecule has 7 nitrogen and oxygen atoms in total. The lowest BCUT2D eigenvalue weighted by Crippen LogP contribution is -2.14. The standard InChI is InChI=1S/C25H16F3N5O2S/c1-12-2-7-15-16(18(12)33-24(35)17-10-36-22-20(17)31-11-32-23(22)29)8-9-30-19(15)21(34)13-3-5-14(6-4-13)25(26,27)28/h2-11H,1H3,(H,33,35)(H2,29,31,32). The fourth-order valence-electron chi connectivity index (χ4n) is 3.87. The first-order chi connectivity index (χ1) is 17.1. The van der Waals surface area contributed by atoms with Crippen molar-refractivity contribution in [2.75, 3.05) is 11.1 Å². The molecule has 5 rings (SSSR count). The summed E-state index contributed by atoms with van der Waals surface area (Å²) in [5.41, 5.74) is 7.13. The Morgan fingerprint density at radius 2 is 1.72 bits per heavy atom. The minimum Gasteiger partial charge on any atom is -0.382 e. The number of anilines is 2. The van der Waals surface area contributed by atoms with Crippen LogP contribution in [-0.2, 0) is 6.18 Å². The van der Waals surface area contributed by atoms with Gasteiger partial charge < -0.3 is 11.1 Å². The lowest BCUT2D eigenvalue weighted by molar-refractivity contribution is -0.137. The Hall–Kier alpha value is -4.38. The Labute approximate surface area is 205 Å². The van der Waals surface area contributed by atoms with Crippen LogP contribution >= 0.6 is 11.3 Å². The number of nitrogens with zero attached hydrogens (tertiary/aromatic N) is 3. The molecule has 0 saturated heterocycles. The number of pyridine rings is 1. The van der Waals surface area contributed by atoms with E-state index in [0.29, 0.717) is 32.2 Å². The average Bonchev–Trinajstić information content (AvgIpc) is 3.30. The zero-order valence-corrected chi connectivity index (χ0v) is 19.4. The third-order valence-corrected chi connectivity index (χ3v) is 6.70. The second kappa shape index (κ2) is 8.68. The average molecular weight is 507 g/mol. The van der Waals surface area contributed by atoms with E-state index in [0.717, 1.165) is 29.8 Å². The van der Waals surface area contributed by atoms with Crippen LogP contribution < -0.4 is 11.1 Å². The summed E-state index contributed by atoms with van der Waals surface area (Å²) in [6.45, 7) is 1.80. The molecule has 0 radical (unpaired) electrons. The summed E-state index contributed by atoms with van der Waals surface area (Å²) in [7, 11) is 0. The van der Waals surface area contributed by atoms with Gasteiger partial charge in [0.15, 0.2) is 0 Å². The molecule has 36 heavy (non-hydrogen) atoms. The predicted molar refractivity (Wildman–Crippen MR) is 131 cm³/mol. The van der Waals surface area contributed by atoms with Gasteiger partial charge >= 0.3 is 6.18 Å². The summed E-state index contributed by atoms with van der Waals surface area (Å²) in [5.74, 6) is -0.670. The summed E-state index contributed by atoms with van der Waals surface area (Å²) in [6, 6.07) is 9.04. The van der Waals surface area contributed by atoms with E-state index < -0.39 is 23.4 Å². The van der Waals surface area contributed by atoms with Crippen molar-refractivity contribution in [1.29, 1.82) is 0 Å². The third kappa shape index (κ3) is 4.03. The topological polar surface area (TPSA) is 111 Å². The number of thiophene rings is 1. The highest BCUT2D eigenvalue weighted by molar-refractivity contribution is 7.18. The molecule has 0 unspecified atom stereocenters. The van der Waals surface area contributed by atoms with Gasteiger partial charge in [-0.05, 0) is 30.7 Å². The van der Waals surface area contributed by atoms with E-state index in [1.807, 2.05) is 0 Å². The van der Waals surface area contributed by atoms with Gasteiger partial charge in [0.2, 0.25) is 5.78 Å². The molecule has 0 bridgehead atoms. The van der Waals surface area contributed by atoms with Crippen LogP contribution in [0.25, 0.3) is 21.0 Å². The summed E-state index contributed by atoms with van der Waals surface area (Å²) < 4.78 is 39.3. The molecular formula is C25H16F3N5O2S. The van der Waals surface area contributed by atoms with Gasteiger partial charge in [-0.15, -0.1) is 11.3 Å². The molecule has 3 N–H and O–H groups in total. The first-order valence-electron chi connectivity index (χ1n) is 10.5. The maximum absolute atomic E-state index is 13.2. The molecule has 3 aromatic heterocycles. The quantitative estimate of drug-likeness (QED) is 0.305. The number of rotatable bonds is 4. The number of carbonyl (C=O) groups is 2. The number of benzene rings is 2. The number of fused-ring (bicyclic) bond motifs is 2. The Balaban J connectivity index is 1.53. The van der Waals surface area contributed by atoms with Crippen LogP contribution in [0.15, 0.2) is 60.4 Å². The minimum absolute atomic E-state index is 0.0595. The normalized spacial score (nSPS) is 11.7. The monoisotopic (exact) mass is 507 g/mol. The Kier molecular flexibility index (Phi) is 5.64. The van der Waals surface area contributed by atoms with Crippen molar-refractivity contribution < 1.29 is 22.8 Å². The number of amides is 1.